The smallest absolute Gasteiger partial charge is 0.0798 e. The molecule has 98 valence electrons. The van der Waals surface area contributed by atoms with Crippen LogP contribution in [0.3, 0.4) is 0 Å². The second kappa shape index (κ2) is 7.09. The van der Waals surface area contributed by atoms with E-state index in [0.717, 1.165) is 38.0 Å². The van der Waals surface area contributed by atoms with Crippen LogP contribution in [0.15, 0.2) is 5.51 Å². The van der Waals surface area contributed by atoms with Crippen LogP contribution in [0, 0.1) is 12.3 Å². The van der Waals surface area contributed by atoms with E-state index in [4.69, 9.17) is 5.11 Å². The highest BCUT2D eigenvalue weighted by Gasteiger charge is 2.24. The van der Waals surface area contributed by atoms with Gasteiger partial charge in [0.25, 0.3) is 0 Å². The first-order valence-electron chi connectivity index (χ1n) is 6.38. The molecule has 4 heteroatoms. The highest BCUT2D eigenvalue weighted by molar-refractivity contribution is 7.09. The SMILES string of the molecule is CCC(CC)(CCO)CNCc1scnc1C. The average Bonchev–Trinajstić information content (AvgIpc) is 2.74. The van der Waals surface area contributed by atoms with Gasteiger partial charge in [0, 0.05) is 24.6 Å². The quantitative estimate of drug-likeness (QED) is 0.752. The van der Waals surface area contributed by atoms with Crippen molar-refractivity contribution >= 4 is 11.3 Å². The molecule has 0 aliphatic carbocycles. The maximum absolute atomic E-state index is 9.16. The molecule has 0 amide bonds. The van der Waals surface area contributed by atoms with Crippen molar-refractivity contribution in [3.05, 3.63) is 16.1 Å². The first kappa shape index (κ1) is 14.6. The molecule has 0 saturated heterocycles. The molecule has 2 N–H and O–H groups in total. The predicted octanol–water partition coefficient (Wildman–Crippen LogP) is 2.73. The van der Waals surface area contributed by atoms with Crippen LogP contribution < -0.4 is 5.32 Å². The zero-order valence-corrected chi connectivity index (χ0v) is 11.9. The molecule has 0 aliphatic rings. The molecule has 1 aromatic rings. The summed E-state index contributed by atoms with van der Waals surface area (Å²) in [5.74, 6) is 0. The molecule has 0 atom stereocenters. The normalized spacial score (nSPS) is 12.0. The van der Waals surface area contributed by atoms with Crippen LogP contribution in [0.4, 0.5) is 0 Å². The largest absolute Gasteiger partial charge is 0.396 e. The lowest BCUT2D eigenvalue weighted by Gasteiger charge is -2.31. The lowest BCUT2D eigenvalue weighted by molar-refractivity contribution is 0.163. The highest BCUT2D eigenvalue weighted by atomic mass is 32.1. The molecule has 0 radical (unpaired) electrons. The fourth-order valence-corrected chi connectivity index (χ4v) is 2.86. The van der Waals surface area contributed by atoms with Crippen molar-refractivity contribution in [1.29, 1.82) is 0 Å². The van der Waals surface area contributed by atoms with Crippen LogP contribution in [-0.4, -0.2) is 23.2 Å². The summed E-state index contributed by atoms with van der Waals surface area (Å²) in [5.41, 5.74) is 3.27. The molecule has 0 aromatic carbocycles. The summed E-state index contributed by atoms with van der Waals surface area (Å²) in [6.07, 6.45) is 3.10. The summed E-state index contributed by atoms with van der Waals surface area (Å²) in [6, 6.07) is 0. The van der Waals surface area contributed by atoms with E-state index >= 15 is 0 Å². The van der Waals surface area contributed by atoms with Crippen LogP contribution in [0.5, 0.6) is 0 Å². The third-order valence-electron chi connectivity index (χ3n) is 3.77. The standard InChI is InChI=1S/C13H24N2OS/c1-4-13(5-2,6-7-16)9-14-8-12-11(3)15-10-17-12/h10,14,16H,4-9H2,1-3H3. The molecule has 17 heavy (non-hydrogen) atoms. The number of hydrogen-bond donors (Lipinski definition) is 2. The number of hydrogen-bond acceptors (Lipinski definition) is 4. The van der Waals surface area contributed by atoms with E-state index in [0.29, 0.717) is 0 Å². The van der Waals surface area contributed by atoms with Gasteiger partial charge in [-0.1, -0.05) is 13.8 Å². The first-order chi connectivity index (χ1) is 8.17. The Kier molecular flexibility index (Phi) is 6.09. The van der Waals surface area contributed by atoms with Gasteiger partial charge in [-0.15, -0.1) is 11.3 Å². The van der Waals surface area contributed by atoms with E-state index in [1.807, 2.05) is 12.4 Å². The van der Waals surface area contributed by atoms with Crippen LogP contribution in [0.2, 0.25) is 0 Å². The van der Waals surface area contributed by atoms with Crippen molar-refractivity contribution in [2.45, 2.75) is 46.6 Å². The van der Waals surface area contributed by atoms with Crippen molar-refractivity contribution in [1.82, 2.24) is 10.3 Å². The molecular weight excluding hydrogens is 232 g/mol. The van der Waals surface area contributed by atoms with E-state index in [2.05, 4.69) is 24.1 Å². The number of aliphatic hydroxyl groups excluding tert-OH is 1. The van der Waals surface area contributed by atoms with E-state index < -0.39 is 0 Å². The number of rotatable bonds is 8. The van der Waals surface area contributed by atoms with Gasteiger partial charge in [0.1, 0.15) is 0 Å². The van der Waals surface area contributed by atoms with Gasteiger partial charge in [-0.2, -0.15) is 0 Å². The molecule has 1 aromatic heterocycles. The van der Waals surface area contributed by atoms with Gasteiger partial charge in [-0.05, 0) is 31.6 Å². The molecule has 0 saturated carbocycles. The van der Waals surface area contributed by atoms with Crippen molar-refractivity contribution in [2.75, 3.05) is 13.2 Å². The third-order valence-corrected chi connectivity index (χ3v) is 4.71. The Bertz CT molecular complexity index is 321. The maximum Gasteiger partial charge on any atom is 0.0798 e. The van der Waals surface area contributed by atoms with Gasteiger partial charge in [0.05, 0.1) is 11.2 Å². The summed E-state index contributed by atoms with van der Waals surface area (Å²) in [5, 5.41) is 12.7. The van der Waals surface area contributed by atoms with Gasteiger partial charge in [0.2, 0.25) is 0 Å². The fourth-order valence-electron chi connectivity index (χ4n) is 2.12. The van der Waals surface area contributed by atoms with Gasteiger partial charge < -0.3 is 10.4 Å². The van der Waals surface area contributed by atoms with Crippen LogP contribution in [0.25, 0.3) is 0 Å². The minimum absolute atomic E-state index is 0.243. The van der Waals surface area contributed by atoms with Crippen LogP contribution >= 0.6 is 11.3 Å². The number of aliphatic hydroxyl groups is 1. The summed E-state index contributed by atoms with van der Waals surface area (Å²) in [4.78, 5) is 5.56. The van der Waals surface area contributed by atoms with Crippen molar-refractivity contribution in [3.63, 3.8) is 0 Å². The number of nitrogens with one attached hydrogen (secondary N) is 1. The number of thiazole rings is 1. The second-order valence-electron chi connectivity index (χ2n) is 4.65. The van der Waals surface area contributed by atoms with Gasteiger partial charge in [-0.25, -0.2) is 4.98 Å². The summed E-state index contributed by atoms with van der Waals surface area (Å²) in [6.45, 7) is 8.61. The number of aryl methyl sites for hydroxylation is 1. The van der Waals surface area contributed by atoms with Gasteiger partial charge in [-0.3, -0.25) is 0 Å². The molecule has 0 aliphatic heterocycles. The van der Waals surface area contributed by atoms with E-state index in [9.17, 15) is 0 Å². The molecule has 0 bridgehead atoms. The third kappa shape index (κ3) is 4.05. The lowest BCUT2D eigenvalue weighted by Crippen LogP contribution is -2.34. The maximum atomic E-state index is 9.16. The fraction of sp³-hybridized carbons (Fsp3) is 0.769. The zero-order valence-electron chi connectivity index (χ0n) is 11.1. The second-order valence-corrected chi connectivity index (χ2v) is 5.58. The van der Waals surface area contributed by atoms with E-state index in [-0.39, 0.29) is 12.0 Å². The van der Waals surface area contributed by atoms with Crippen LogP contribution in [0.1, 0.15) is 43.7 Å². The summed E-state index contributed by atoms with van der Waals surface area (Å²) in [7, 11) is 0. The molecular formula is C13H24N2OS. The first-order valence-corrected chi connectivity index (χ1v) is 7.26. The van der Waals surface area contributed by atoms with Crippen molar-refractivity contribution in [2.24, 2.45) is 5.41 Å². The summed E-state index contributed by atoms with van der Waals surface area (Å²) >= 11 is 1.71. The van der Waals surface area contributed by atoms with E-state index in [1.165, 1.54) is 4.88 Å². The van der Waals surface area contributed by atoms with Crippen molar-refractivity contribution < 1.29 is 5.11 Å². The Morgan fingerprint density at radius 3 is 2.59 bits per heavy atom. The van der Waals surface area contributed by atoms with E-state index in [1.54, 1.807) is 11.3 Å². The van der Waals surface area contributed by atoms with Crippen LogP contribution in [-0.2, 0) is 6.54 Å². The molecule has 1 heterocycles. The average molecular weight is 256 g/mol. The van der Waals surface area contributed by atoms with Gasteiger partial charge >= 0.3 is 0 Å². The predicted molar refractivity (Wildman–Crippen MR) is 73.3 cm³/mol. The van der Waals surface area contributed by atoms with Gasteiger partial charge in [0.15, 0.2) is 0 Å². The minimum atomic E-state index is 0.243. The Morgan fingerprint density at radius 2 is 2.12 bits per heavy atom. The Morgan fingerprint density at radius 1 is 1.41 bits per heavy atom. The topological polar surface area (TPSA) is 45.1 Å². The van der Waals surface area contributed by atoms with Crippen molar-refractivity contribution in [3.8, 4) is 0 Å². The molecule has 1 rings (SSSR count). The molecule has 0 fully saturated rings. The molecule has 0 unspecified atom stereocenters. The lowest BCUT2D eigenvalue weighted by atomic mass is 9.79. The Hall–Kier alpha value is -0.450. The number of aromatic nitrogens is 1. The highest BCUT2D eigenvalue weighted by Crippen LogP contribution is 2.29. The Labute approximate surface area is 108 Å². The number of nitrogens with zero attached hydrogens (tertiary/aromatic N) is 1. The monoisotopic (exact) mass is 256 g/mol. The zero-order chi connectivity index (χ0) is 12.7. The summed E-state index contributed by atoms with van der Waals surface area (Å²) < 4.78 is 0. The molecule has 3 nitrogen and oxygen atoms in total. The Balaban J connectivity index is 2.44. The minimum Gasteiger partial charge on any atom is -0.396 e. The molecule has 0 spiro atoms.